The predicted octanol–water partition coefficient (Wildman–Crippen LogP) is 2.04. The number of rotatable bonds is 4. The highest BCUT2D eigenvalue weighted by atomic mass is 35.5. The van der Waals surface area contributed by atoms with Crippen molar-refractivity contribution in [3.63, 3.8) is 0 Å². The van der Waals surface area contributed by atoms with E-state index in [1.807, 2.05) is 13.0 Å². The molecule has 2 rings (SSSR count). The molecule has 19 heavy (non-hydrogen) atoms. The number of amides is 1. The molecule has 0 aromatic heterocycles. The molecule has 106 valence electrons. The van der Waals surface area contributed by atoms with Gasteiger partial charge in [-0.2, -0.15) is 0 Å². The Bertz CT molecular complexity index is 459. The van der Waals surface area contributed by atoms with Crippen LogP contribution in [0.4, 0.5) is 0 Å². The predicted molar refractivity (Wildman–Crippen MR) is 78.1 cm³/mol. The molecule has 4 nitrogen and oxygen atoms in total. The Morgan fingerprint density at radius 3 is 2.68 bits per heavy atom. The van der Waals surface area contributed by atoms with Crippen LogP contribution >= 0.6 is 12.4 Å². The van der Waals surface area contributed by atoms with Crippen LogP contribution in [0.2, 0.25) is 0 Å². The topological polar surface area (TPSA) is 64.3 Å². The highest BCUT2D eigenvalue weighted by molar-refractivity contribution is 5.94. The lowest BCUT2D eigenvalue weighted by Crippen LogP contribution is -2.54. The Morgan fingerprint density at radius 1 is 1.47 bits per heavy atom. The van der Waals surface area contributed by atoms with Crippen LogP contribution in [-0.4, -0.2) is 25.1 Å². The number of carbonyl (C=O) groups is 1. The van der Waals surface area contributed by atoms with Crippen LogP contribution < -0.4 is 15.8 Å². The number of aryl methyl sites for hydroxylation is 1. The highest BCUT2D eigenvalue weighted by Crippen LogP contribution is 2.28. The number of nitrogens with two attached hydrogens (primary N) is 1. The first-order valence-corrected chi connectivity index (χ1v) is 6.26. The van der Waals surface area contributed by atoms with Crippen molar-refractivity contribution >= 4 is 18.3 Å². The van der Waals surface area contributed by atoms with Gasteiger partial charge in [-0.25, -0.2) is 0 Å². The number of benzene rings is 1. The lowest BCUT2D eigenvalue weighted by molar-refractivity contribution is 0.0929. The molecule has 1 fully saturated rings. The van der Waals surface area contributed by atoms with Gasteiger partial charge in [-0.3, -0.25) is 4.79 Å². The zero-order valence-corrected chi connectivity index (χ0v) is 12.2. The number of methoxy groups -OCH3 is 1. The molecule has 0 spiro atoms. The van der Waals surface area contributed by atoms with Crippen LogP contribution in [0.25, 0.3) is 0 Å². The van der Waals surface area contributed by atoms with E-state index in [0.29, 0.717) is 12.1 Å². The van der Waals surface area contributed by atoms with E-state index in [9.17, 15) is 4.79 Å². The van der Waals surface area contributed by atoms with Gasteiger partial charge in [0.05, 0.1) is 7.11 Å². The van der Waals surface area contributed by atoms with E-state index in [1.165, 1.54) is 0 Å². The smallest absolute Gasteiger partial charge is 0.251 e. The maximum absolute atomic E-state index is 12.0. The fraction of sp³-hybridized carbons (Fsp3) is 0.500. The normalized spacial score (nSPS) is 15.9. The highest BCUT2D eigenvalue weighted by Gasteiger charge is 2.32. The number of carbonyl (C=O) groups excluding carboxylic acids is 1. The van der Waals surface area contributed by atoms with Crippen LogP contribution in [0.3, 0.4) is 0 Å². The molecule has 0 aliphatic heterocycles. The van der Waals surface area contributed by atoms with E-state index in [2.05, 4.69) is 5.32 Å². The van der Waals surface area contributed by atoms with Gasteiger partial charge in [0, 0.05) is 17.6 Å². The molecule has 3 N–H and O–H groups in total. The summed E-state index contributed by atoms with van der Waals surface area (Å²) in [5, 5.41) is 2.89. The van der Waals surface area contributed by atoms with Crippen LogP contribution in [0, 0.1) is 6.92 Å². The molecular formula is C14H21ClN2O2. The van der Waals surface area contributed by atoms with Crippen molar-refractivity contribution in [3.05, 3.63) is 29.3 Å². The fourth-order valence-electron chi connectivity index (χ4n) is 2.13. The summed E-state index contributed by atoms with van der Waals surface area (Å²) in [7, 11) is 1.60. The van der Waals surface area contributed by atoms with Gasteiger partial charge in [0.1, 0.15) is 5.75 Å². The van der Waals surface area contributed by atoms with Crippen LogP contribution in [-0.2, 0) is 0 Å². The van der Waals surface area contributed by atoms with Gasteiger partial charge in [0.2, 0.25) is 0 Å². The Hall–Kier alpha value is -1.26. The number of ether oxygens (including phenoxy) is 1. The zero-order valence-electron chi connectivity index (χ0n) is 11.4. The number of hydrogen-bond acceptors (Lipinski definition) is 3. The standard InChI is InChI=1S/C14H20N2O2.ClH/c1-10-4-5-11(8-12(10)18-2)13(17)16-9-14(15)6-3-7-14;/h4-5,8H,3,6-7,9,15H2,1-2H3,(H,16,17);1H. The SMILES string of the molecule is COc1cc(C(=O)NCC2(N)CCC2)ccc1C.Cl. The second kappa shape index (κ2) is 6.26. The molecule has 0 bridgehead atoms. The van der Waals surface area contributed by atoms with Gasteiger partial charge >= 0.3 is 0 Å². The zero-order chi connectivity index (χ0) is 13.2. The minimum absolute atomic E-state index is 0. The third-order valence-electron chi connectivity index (χ3n) is 3.62. The third-order valence-corrected chi connectivity index (χ3v) is 3.62. The lowest BCUT2D eigenvalue weighted by Gasteiger charge is -2.38. The molecule has 1 aromatic rings. The van der Waals surface area contributed by atoms with E-state index in [0.717, 1.165) is 30.6 Å². The van der Waals surface area contributed by atoms with Gasteiger partial charge in [0.15, 0.2) is 0 Å². The number of halogens is 1. The first kappa shape index (κ1) is 15.8. The molecule has 0 saturated heterocycles. The second-order valence-corrected chi connectivity index (χ2v) is 5.08. The van der Waals surface area contributed by atoms with Crippen molar-refractivity contribution in [1.82, 2.24) is 5.32 Å². The van der Waals surface area contributed by atoms with Crippen molar-refractivity contribution < 1.29 is 9.53 Å². The summed E-state index contributed by atoms with van der Waals surface area (Å²) in [5.41, 5.74) is 7.51. The minimum atomic E-state index is -0.190. The minimum Gasteiger partial charge on any atom is -0.496 e. The Labute approximate surface area is 120 Å². The average molecular weight is 285 g/mol. The van der Waals surface area contributed by atoms with Crippen molar-refractivity contribution in [1.29, 1.82) is 0 Å². The summed E-state index contributed by atoms with van der Waals surface area (Å²) in [6.45, 7) is 2.49. The quantitative estimate of drug-likeness (QED) is 0.889. The molecule has 1 aliphatic rings. The summed E-state index contributed by atoms with van der Waals surface area (Å²) < 4.78 is 5.21. The summed E-state index contributed by atoms with van der Waals surface area (Å²) >= 11 is 0. The molecule has 0 unspecified atom stereocenters. The Morgan fingerprint density at radius 2 is 2.16 bits per heavy atom. The molecule has 0 heterocycles. The van der Waals surface area contributed by atoms with Crippen molar-refractivity contribution in [2.24, 2.45) is 5.73 Å². The first-order valence-electron chi connectivity index (χ1n) is 6.26. The van der Waals surface area contributed by atoms with Gasteiger partial charge < -0.3 is 15.8 Å². The molecule has 0 atom stereocenters. The van der Waals surface area contributed by atoms with E-state index < -0.39 is 0 Å². The monoisotopic (exact) mass is 284 g/mol. The third kappa shape index (κ3) is 3.61. The molecule has 1 saturated carbocycles. The van der Waals surface area contributed by atoms with E-state index >= 15 is 0 Å². The number of hydrogen-bond donors (Lipinski definition) is 2. The molecule has 1 aromatic carbocycles. The maximum atomic E-state index is 12.0. The van der Waals surface area contributed by atoms with E-state index in [1.54, 1.807) is 19.2 Å². The summed E-state index contributed by atoms with van der Waals surface area (Å²) in [4.78, 5) is 12.0. The van der Waals surface area contributed by atoms with Crippen LogP contribution in [0.1, 0.15) is 35.2 Å². The Kier molecular flexibility index (Phi) is 5.20. The molecule has 5 heteroatoms. The van der Waals surface area contributed by atoms with Gasteiger partial charge in [-0.1, -0.05) is 6.07 Å². The average Bonchev–Trinajstić information content (AvgIpc) is 2.34. The van der Waals surface area contributed by atoms with Crippen molar-refractivity contribution in [3.8, 4) is 5.75 Å². The van der Waals surface area contributed by atoms with E-state index in [4.69, 9.17) is 10.5 Å². The van der Waals surface area contributed by atoms with Crippen molar-refractivity contribution in [2.45, 2.75) is 31.7 Å². The number of nitrogens with one attached hydrogen (secondary N) is 1. The Balaban J connectivity index is 0.00000180. The lowest BCUT2D eigenvalue weighted by atomic mass is 9.78. The summed E-state index contributed by atoms with van der Waals surface area (Å²) in [6.07, 6.45) is 3.14. The molecule has 1 amide bonds. The summed E-state index contributed by atoms with van der Waals surface area (Å²) in [5.74, 6) is 0.638. The first-order chi connectivity index (χ1) is 8.54. The summed E-state index contributed by atoms with van der Waals surface area (Å²) in [6, 6.07) is 5.45. The molecule has 1 aliphatic carbocycles. The largest absolute Gasteiger partial charge is 0.496 e. The molecule has 0 radical (unpaired) electrons. The second-order valence-electron chi connectivity index (χ2n) is 5.08. The van der Waals surface area contributed by atoms with Gasteiger partial charge in [0.25, 0.3) is 5.91 Å². The van der Waals surface area contributed by atoms with Crippen LogP contribution in [0.15, 0.2) is 18.2 Å². The fourth-order valence-corrected chi connectivity index (χ4v) is 2.13. The van der Waals surface area contributed by atoms with E-state index in [-0.39, 0.29) is 23.9 Å². The van der Waals surface area contributed by atoms with Crippen LogP contribution in [0.5, 0.6) is 5.75 Å². The van der Waals surface area contributed by atoms with Gasteiger partial charge in [-0.15, -0.1) is 12.4 Å². The van der Waals surface area contributed by atoms with Crippen molar-refractivity contribution in [2.75, 3.05) is 13.7 Å². The molecular weight excluding hydrogens is 264 g/mol. The van der Waals surface area contributed by atoms with Gasteiger partial charge in [-0.05, 0) is 43.9 Å². The maximum Gasteiger partial charge on any atom is 0.251 e.